The summed E-state index contributed by atoms with van der Waals surface area (Å²) in [5.41, 5.74) is 1.28. The van der Waals surface area contributed by atoms with Gasteiger partial charge in [-0.25, -0.2) is 27.4 Å². The number of carbonyl (C=O) groups excluding carboxylic acids is 1. The predicted molar refractivity (Wildman–Crippen MR) is 158 cm³/mol. The Morgan fingerprint density at radius 1 is 1.12 bits per heavy atom. The van der Waals surface area contributed by atoms with E-state index in [1.165, 1.54) is 17.9 Å². The second kappa shape index (κ2) is 12.7. The summed E-state index contributed by atoms with van der Waals surface area (Å²) >= 11 is 13.6. The van der Waals surface area contributed by atoms with Crippen molar-refractivity contribution < 1.29 is 32.2 Å². The second-order valence-electron chi connectivity index (χ2n) is 9.77. The molecule has 0 bridgehead atoms. The number of carbonyl (C=O) groups is 2. The normalized spacial score (nSPS) is 11.6. The summed E-state index contributed by atoms with van der Waals surface area (Å²) in [6.45, 7) is 5.16. The van der Waals surface area contributed by atoms with E-state index in [4.69, 9.17) is 33.0 Å². The third-order valence-corrected chi connectivity index (χ3v) is 8.27. The number of amides is 2. The molecule has 3 aromatic rings. The number of carboxylic acid groups (broad SMARTS) is 1. The summed E-state index contributed by atoms with van der Waals surface area (Å²) < 4.78 is 48.1. The van der Waals surface area contributed by atoms with Gasteiger partial charge in [-0.3, -0.25) is 0 Å². The van der Waals surface area contributed by atoms with E-state index in [2.05, 4.69) is 10.3 Å². The lowest BCUT2D eigenvalue weighted by molar-refractivity contribution is 0.0608. The minimum atomic E-state index is -4.85. The topological polar surface area (TPSA) is 132 Å². The fourth-order valence-corrected chi connectivity index (χ4v) is 5.81. The first kappa shape index (κ1) is 32.2. The standard InChI is InChI=1S/C25H28Cl2FN5O6S2/c1-25(2,3)39-24(36)33(22-13-40-14-29-22)41(37,38)21-11-16(27)19(12-17(21)28)30-18-7-6-15(26)10-20(18)31(4)8-9-32(5)23(34)35/h6-7,10-14,30H,8-9H2,1-5H3,(H,34,35). The molecule has 41 heavy (non-hydrogen) atoms. The molecule has 1 heterocycles. The maximum absolute atomic E-state index is 15.5. The van der Waals surface area contributed by atoms with Crippen LogP contribution in [0.2, 0.25) is 10.0 Å². The van der Waals surface area contributed by atoms with Crippen molar-refractivity contribution in [2.75, 3.05) is 41.7 Å². The van der Waals surface area contributed by atoms with Gasteiger partial charge in [-0.1, -0.05) is 23.2 Å². The van der Waals surface area contributed by atoms with Crippen molar-refractivity contribution in [3.63, 3.8) is 0 Å². The van der Waals surface area contributed by atoms with Crippen LogP contribution >= 0.6 is 34.5 Å². The van der Waals surface area contributed by atoms with Crippen LogP contribution in [0.1, 0.15) is 20.8 Å². The summed E-state index contributed by atoms with van der Waals surface area (Å²) in [6.07, 6.45) is -2.34. The first-order chi connectivity index (χ1) is 19.0. The lowest BCUT2D eigenvalue weighted by Crippen LogP contribution is -2.41. The van der Waals surface area contributed by atoms with Gasteiger partial charge in [-0.2, -0.15) is 0 Å². The first-order valence-corrected chi connectivity index (χ1v) is 15.0. The molecule has 0 atom stereocenters. The van der Waals surface area contributed by atoms with Crippen LogP contribution in [0.25, 0.3) is 0 Å². The number of likely N-dealkylation sites (N-methyl/N-ethyl adjacent to an activating group) is 2. The Hall–Kier alpha value is -3.33. The monoisotopic (exact) mass is 647 g/mol. The summed E-state index contributed by atoms with van der Waals surface area (Å²) in [4.78, 5) is 29.9. The Morgan fingerprint density at radius 3 is 2.39 bits per heavy atom. The zero-order chi connectivity index (χ0) is 30.7. The lowest BCUT2D eigenvalue weighted by atomic mass is 10.2. The molecule has 16 heteroatoms. The van der Waals surface area contributed by atoms with Gasteiger partial charge in [0.15, 0.2) is 5.82 Å². The van der Waals surface area contributed by atoms with E-state index in [-0.39, 0.29) is 27.4 Å². The van der Waals surface area contributed by atoms with Crippen molar-refractivity contribution in [1.29, 1.82) is 0 Å². The third kappa shape index (κ3) is 7.91. The van der Waals surface area contributed by atoms with Crippen molar-refractivity contribution in [2.24, 2.45) is 0 Å². The molecule has 3 rings (SSSR count). The van der Waals surface area contributed by atoms with E-state index in [1.54, 1.807) is 50.9 Å². The molecule has 0 saturated carbocycles. The Balaban J connectivity index is 1.98. The highest BCUT2D eigenvalue weighted by atomic mass is 35.5. The molecule has 0 aliphatic heterocycles. The van der Waals surface area contributed by atoms with E-state index < -0.39 is 38.5 Å². The molecule has 0 unspecified atom stereocenters. The smallest absolute Gasteiger partial charge is 0.430 e. The van der Waals surface area contributed by atoms with Crippen molar-refractivity contribution in [1.82, 2.24) is 9.88 Å². The number of sulfonamides is 1. The maximum atomic E-state index is 15.5. The molecule has 0 fully saturated rings. The Kier molecular flexibility index (Phi) is 9.95. The minimum Gasteiger partial charge on any atom is -0.465 e. The predicted octanol–water partition coefficient (Wildman–Crippen LogP) is 6.51. The molecule has 0 radical (unpaired) electrons. The van der Waals surface area contributed by atoms with Gasteiger partial charge in [0.1, 0.15) is 16.3 Å². The summed E-state index contributed by atoms with van der Waals surface area (Å²) in [5, 5.41) is 13.6. The van der Waals surface area contributed by atoms with Crippen LogP contribution in [0.3, 0.4) is 0 Å². The van der Waals surface area contributed by atoms with Crippen LogP contribution in [0.15, 0.2) is 46.1 Å². The van der Waals surface area contributed by atoms with E-state index in [0.717, 1.165) is 28.4 Å². The molecule has 2 N–H and O–H groups in total. The van der Waals surface area contributed by atoms with Crippen LogP contribution < -0.4 is 14.5 Å². The number of anilines is 4. The molecular weight excluding hydrogens is 620 g/mol. The average molecular weight is 649 g/mol. The number of benzene rings is 2. The fourth-order valence-electron chi connectivity index (χ4n) is 3.43. The van der Waals surface area contributed by atoms with Crippen LogP contribution in [0.4, 0.5) is 36.9 Å². The summed E-state index contributed by atoms with van der Waals surface area (Å²) in [7, 11) is -1.70. The molecule has 0 aliphatic rings. The Bertz CT molecular complexity index is 1530. The second-order valence-corrected chi connectivity index (χ2v) is 13.1. The van der Waals surface area contributed by atoms with Crippen molar-refractivity contribution in [3.8, 4) is 0 Å². The molecule has 0 saturated heterocycles. The molecule has 2 aromatic carbocycles. The fraction of sp³-hybridized carbons (Fsp3) is 0.320. The van der Waals surface area contributed by atoms with E-state index in [1.807, 2.05) is 0 Å². The number of aromatic nitrogens is 1. The lowest BCUT2D eigenvalue weighted by Gasteiger charge is -2.26. The van der Waals surface area contributed by atoms with Crippen LogP contribution in [0.5, 0.6) is 0 Å². The molecule has 1 aromatic heterocycles. The number of hydrogen-bond donors (Lipinski definition) is 2. The summed E-state index contributed by atoms with van der Waals surface area (Å²) in [5.74, 6) is -1.45. The van der Waals surface area contributed by atoms with Gasteiger partial charge in [0.05, 0.1) is 27.6 Å². The molecule has 0 spiro atoms. The average Bonchev–Trinajstić information content (AvgIpc) is 3.37. The zero-order valence-corrected chi connectivity index (χ0v) is 25.8. The maximum Gasteiger partial charge on any atom is 0.430 e. The van der Waals surface area contributed by atoms with Gasteiger partial charge in [-0.15, -0.1) is 15.6 Å². The van der Waals surface area contributed by atoms with Gasteiger partial charge < -0.3 is 25.0 Å². The highest BCUT2D eigenvalue weighted by molar-refractivity contribution is 7.93. The van der Waals surface area contributed by atoms with Crippen LogP contribution in [-0.4, -0.2) is 68.4 Å². The number of nitrogens with one attached hydrogen (secondary N) is 1. The third-order valence-electron chi connectivity index (χ3n) is 5.46. The Morgan fingerprint density at radius 2 is 1.80 bits per heavy atom. The first-order valence-electron chi connectivity index (χ1n) is 11.9. The highest BCUT2D eigenvalue weighted by Crippen LogP contribution is 2.37. The quantitative estimate of drug-likeness (QED) is 0.267. The largest absolute Gasteiger partial charge is 0.465 e. The van der Waals surface area contributed by atoms with E-state index >= 15 is 4.39 Å². The Labute approximate surface area is 251 Å². The number of nitrogens with zero attached hydrogens (tertiary/aromatic N) is 4. The van der Waals surface area contributed by atoms with Crippen molar-refractivity contribution in [2.45, 2.75) is 31.3 Å². The van der Waals surface area contributed by atoms with E-state index in [9.17, 15) is 18.0 Å². The molecule has 0 aliphatic carbocycles. The van der Waals surface area contributed by atoms with Gasteiger partial charge in [0.25, 0.3) is 10.0 Å². The number of hydrogen-bond acceptors (Lipinski definition) is 9. The van der Waals surface area contributed by atoms with Crippen molar-refractivity contribution >= 4 is 79.6 Å². The van der Waals surface area contributed by atoms with Gasteiger partial charge >= 0.3 is 12.2 Å². The van der Waals surface area contributed by atoms with Crippen LogP contribution in [-0.2, 0) is 14.8 Å². The molecule has 11 nitrogen and oxygen atoms in total. The highest BCUT2D eigenvalue weighted by Gasteiger charge is 2.38. The molecular formula is C25H28Cl2FN5O6S2. The molecule has 2 amide bonds. The van der Waals surface area contributed by atoms with Crippen LogP contribution in [0, 0.1) is 5.82 Å². The molecule has 222 valence electrons. The van der Waals surface area contributed by atoms with E-state index in [0.29, 0.717) is 22.9 Å². The minimum absolute atomic E-state index is 0.0280. The number of thiazole rings is 1. The van der Waals surface area contributed by atoms with Gasteiger partial charge in [0, 0.05) is 43.7 Å². The van der Waals surface area contributed by atoms with Crippen molar-refractivity contribution in [3.05, 3.63) is 57.1 Å². The number of ether oxygens (including phenoxy) is 1. The zero-order valence-electron chi connectivity index (χ0n) is 22.7. The number of halogens is 3. The summed E-state index contributed by atoms with van der Waals surface area (Å²) in [6, 6.07) is 6.60. The van der Waals surface area contributed by atoms with Gasteiger partial charge in [0.2, 0.25) is 0 Å². The van der Waals surface area contributed by atoms with Gasteiger partial charge in [-0.05, 0) is 45.0 Å². The number of rotatable bonds is 9. The SMILES string of the molecule is CN(CCN(C)c1cc(Cl)ccc1Nc1cc(F)c(S(=O)(=O)N(C(=O)OC(C)(C)C)c2cscn2)cc1Cl)C(=O)O.